The van der Waals surface area contributed by atoms with Gasteiger partial charge in [-0.3, -0.25) is 9.69 Å². The third-order valence-electron chi connectivity index (χ3n) is 4.58. The summed E-state index contributed by atoms with van der Waals surface area (Å²) in [5.74, 6) is 0.433. The standard InChI is InChI=1S/C20H25N3O2S/c1-2-9-23(15-19-4-3-14-26-19)20(25)16-21-10-12-22(13-11-21)17-5-7-18(24)8-6-17/h2-8,14,24H,1,9-13,15-16H2. The summed E-state index contributed by atoms with van der Waals surface area (Å²) in [5.41, 5.74) is 1.11. The van der Waals surface area contributed by atoms with Gasteiger partial charge in [0.2, 0.25) is 5.91 Å². The van der Waals surface area contributed by atoms with Crippen molar-refractivity contribution in [1.82, 2.24) is 9.80 Å². The van der Waals surface area contributed by atoms with Crippen LogP contribution < -0.4 is 4.90 Å². The first-order chi connectivity index (χ1) is 12.7. The smallest absolute Gasteiger partial charge is 0.237 e. The number of amides is 1. The summed E-state index contributed by atoms with van der Waals surface area (Å²) < 4.78 is 0. The number of aromatic hydroxyl groups is 1. The van der Waals surface area contributed by atoms with Crippen LogP contribution in [0.3, 0.4) is 0 Å². The van der Waals surface area contributed by atoms with Gasteiger partial charge in [-0.25, -0.2) is 0 Å². The zero-order valence-electron chi connectivity index (χ0n) is 14.9. The van der Waals surface area contributed by atoms with Crippen LogP contribution in [-0.2, 0) is 11.3 Å². The Morgan fingerprint density at radius 1 is 1.19 bits per heavy atom. The van der Waals surface area contributed by atoms with Gasteiger partial charge in [0, 0.05) is 43.3 Å². The van der Waals surface area contributed by atoms with E-state index in [2.05, 4.69) is 22.4 Å². The number of hydrogen-bond donors (Lipinski definition) is 1. The summed E-state index contributed by atoms with van der Waals surface area (Å²) in [5, 5.41) is 11.4. The molecule has 6 heteroatoms. The summed E-state index contributed by atoms with van der Waals surface area (Å²) in [4.78, 5) is 20.3. The minimum absolute atomic E-state index is 0.149. The number of nitrogens with zero attached hydrogens (tertiary/aromatic N) is 3. The molecule has 1 aromatic heterocycles. The highest BCUT2D eigenvalue weighted by Gasteiger charge is 2.22. The lowest BCUT2D eigenvalue weighted by atomic mass is 10.2. The van der Waals surface area contributed by atoms with Crippen LogP contribution in [0.4, 0.5) is 5.69 Å². The van der Waals surface area contributed by atoms with Crippen molar-refractivity contribution in [3.8, 4) is 5.75 Å². The van der Waals surface area contributed by atoms with Crippen molar-refractivity contribution in [2.75, 3.05) is 44.2 Å². The monoisotopic (exact) mass is 371 g/mol. The molecule has 1 aromatic carbocycles. The van der Waals surface area contributed by atoms with Gasteiger partial charge in [-0.1, -0.05) is 12.1 Å². The van der Waals surface area contributed by atoms with Crippen LogP contribution in [0.5, 0.6) is 5.75 Å². The number of carbonyl (C=O) groups excluding carboxylic acids is 1. The maximum absolute atomic E-state index is 12.7. The molecule has 1 N–H and O–H groups in total. The van der Waals surface area contributed by atoms with Crippen LogP contribution in [0.2, 0.25) is 0 Å². The van der Waals surface area contributed by atoms with E-state index in [0.29, 0.717) is 19.6 Å². The molecule has 1 fully saturated rings. The number of rotatable bonds is 7. The second-order valence-corrected chi connectivity index (χ2v) is 7.45. The highest BCUT2D eigenvalue weighted by molar-refractivity contribution is 7.09. The normalized spacial score (nSPS) is 15.0. The summed E-state index contributed by atoms with van der Waals surface area (Å²) in [6.07, 6.45) is 1.79. The molecule has 1 saturated heterocycles. The molecule has 0 spiro atoms. The molecule has 0 saturated carbocycles. The fraction of sp³-hybridized carbons (Fsp3) is 0.350. The van der Waals surface area contributed by atoms with Crippen molar-refractivity contribution < 1.29 is 9.90 Å². The van der Waals surface area contributed by atoms with Crippen LogP contribution in [-0.4, -0.2) is 60.1 Å². The summed E-state index contributed by atoms with van der Waals surface area (Å²) in [6.45, 7) is 8.92. The molecule has 2 aromatic rings. The molecule has 0 aliphatic carbocycles. The second-order valence-electron chi connectivity index (χ2n) is 6.42. The predicted molar refractivity (Wildman–Crippen MR) is 107 cm³/mol. The number of phenolic OH excluding ortho intramolecular Hbond substituents is 1. The maximum Gasteiger partial charge on any atom is 0.237 e. The molecule has 1 aliphatic heterocycles. The van der Waals surface area contributed by atoms with Gasteiger partial charge in [-0.15, -0.1) is 17.9 Å². The average Bonchev–Trinajstić information content (AvgIpc) is 3.16. The molecule has 0 atom stereocenters. The quantitative estimate of drug-likeness (QED) is 0.761. The number of phenols is 1. The predicted octanol–water partition coefficient (Wildman–Crippen LogP) is 2.79. The van der Waals surface area contributed by atoms with Crippen molar-refractivity contribution in [3.63, 3.8) is 0 Å². The third kappa shape index (κ3) is 4.86. The van der Waals surface area contributed by atoms with Crippen molar-refractivity contribution in [1.29, 1.82) is 0 Å². The second kappa shape index (κ2) is 8.87. The van der Waals surface area contributed by atoms with E-state index in [1.165, 1.54) is 4.88 Å². The fourth-order valence-electron chi connectivity index (χ4n) is 3.12. The number of carbonyl (C=O) groups is 1. The Morgan fingerprint density at radius 2 is 1.92 bits per heavy atom. The molecule has 3 rings (SSSR count). The topological polar surface area (TPSA) is 47.0 Å². The molecule has 2 heterocycles. The van der Waals surface area contributed by atoms with Gasteiger partial charge >= 0.3 is 0 Å². The number of benzene rings is 1. The van der Waals surface area contributed by atoms with Crippen LogP contribution in [0.25, 0.3) is 0 Å². The molecule has 0 unspecified atom stereocenters. The Balaban J connectivity index is 1.51. The Hall–Kier alpha value is -2.31. The van der Waals surface area contributed by atoms with E-state index in [9.17, 15) is 9.90 Å². The number of thiophene rings is 1. The number of anilines is 1. The Morgan fingerprint density at radius 3 is 2.54 bits per heavy atom. The Kier molecular flexibility index (Phi) is 6.30. The molecule has 0 bridgehead atoms. The number of hydrogen-bond acceptors (Lipinski definition) is 5. The molecule has 138 valence electrons. The van der Waals surface area contributed by atoms with Gasteiger partial charge in [0.15, 0.2) is 0 Å². The largest absolute Gasteiger partial charge is 0.508 e. The van der Waals surface area contributed by atoms with Gasteiger partial charge in [-0.05, 0) is 35.7 Å². The van der Waals surface area contributed by atoms with Crippen molar-refractivity contribution in [3.05, 3.63) is 59.3 Å². The van der Waals surface area contributed by atoms with Gasteiger partial charge in [-0.2, -0.15) is 0 Å². The molecule has 0 radical (unpaired) electrons. The van der Waals surface area contributed by atoms with E-state index >= 15 is 0 Å². The highest BCUT2D eigenvalue weighted by atomic mass is 32.1. The highest BCUT2D eigenvalue weighted by Crippen LogP contribution is 2.20. The molecule has 26 heavy (non-hydrogen) atoms. The maximum atomic E-state index is 12.7. The van der Waals surface area contributed by atoms with E-state index in [0.717, 1.165) is 31.9 Å². The van der Waals surface area contributed by atoms with Crippen LogP contribution >= 0.6 is 11.3 Å². The van der Waals surface area contributed by atoms with E-state index in [1.807, 2.05) is 28.5 Å². The molecule has 1 amide bonds. The SMILES string of the molecule is C=CCN(Cc1cccs1)C(=O)CN1CCN(c2ccc(O)cc2)CC1. The number of piperazine rings is 1. The molecular weight excluding hydrogens is 346 g/mol. The first-order valence-corrected chi connectivity index (χ1v) is 9.71. The first kappa shape index (κ1) is 18.5. The summed E-state index contributed by atoms with van der Waals surface area (Å²) in [7, 11) is 0. The minimum Gasteiger partial charge on any atom is -0.508 e. The van der Waals surface area contributed by atoms with Gasteiger partial charge in [0.05, 0.1) is 13.1 Å². The van der Waals surface area contributed by atoms with Gasteiger partial charge < -0.3 is 14.9 Å². The van der Waals surface area contributed by atoms with Crippen LogP contribution in [0, 0.1) is 0 Å². The van der Waals surface area contributed by atoms with Crippen molar-refractivity contribution in [2.45, 2.75) is 6.54 Å². The molecule has 5 nitrogen and oxygen atoms in total. The van der Waals surface area contributed by atoms with E-state index in [1.54, 1.807) is 29.5 Å². The van der Waals surface area contributed by atoms with Crippen LogP contribution in [0.15, 0.2) is 54.4 Å². The van der Waals surface area contributed by atoms with Crippen LogP contribution in [0.1, 0.15) is 4.88 Å². The van der Waals surface area contributed by atoms with Crippen molar-refractivity contribution in [2.24, 2.45) is 0 Å². The molecular formula is C20H25N3O2S. The zero-order valence-corrected chi connectivity index (χ0v) is 15.7. The zero-order chi connectivity index (χ0) is 18.4. The van der Waals surface area contributed by atoms with E-state index in [4.69, 9.17) is 0 Å². The first-order valence-electron chi connectivity index (χ1n) is 8.83. The van der Waals surface area contributed by atoms with E-state index < -0.39 is 0 Å². The lowest BCUT2D eigenvalue weighted by molar-refractivity contribution is -0.132. The third-order valence-corrected chi connectivity index (χ3v) is 5.44. The lowest BCUT2D eigenvalue weighted by Gasteiger charge is -2.36. The Labute approximate surface area is 158 Å². The Bertz CT molecular complexity index is 707. The molecule has 1 aliphatic rings. The van der Waals surface area contributed by atoms with Gasteiger partial charge in [0.1, 0.15) is 5.75 Å². The van der Waals surface area contributed by atoms with Gasteiger partial charge in [0.25, 0.3) is 0 Å². The lowest BCUT2D eigenvalue weighted by Crippen LogP contribution is -2.50. The fourth-order valence-corrected chi connectivity index (χ4v) is 3.84. The summed E-state index contributed by atoms with van der Waals surface area (Å²) in [6, 6.07) is 11.4. The summed E-state index contributed by atoms with van der Waals surface area (Å²) >= 11 is 1.67. The van der Waals surface area contributed by atoms with E-state index in [-0.39, 0.29) is 11.7 Å². The minimum atomic E-state index is 0.149. The average molecular weight is 372 g/mol. The van der Waals surface area contributed by atoms with Crippen molar-refractivity contribution >= 4 is 22.9 Å².